The van der Waals surface area contributed by atoms with E-state index in [-0.39, 0.29) is 11.9 Å². The van der Waals surface area contributed by atoms with Gasteiger partial charge in [-0.3, -0.25) is 4.79 Å². The van der Waals surface area contributed by atoms with Gasteiger partial charge in [0.05, 0.1) is 25.9 Å². The normalized spacial score (nSPS) is 10.6. The molecule has 6 nitrogen and oxygen atoms in total. The quantitative estimate of drug-likeness (QED) is 0.317. The number of anilines is 1. The predicted molar refractivity (Wildman–Crippen MR) is 118 cm³/mol. The molecule has 160 valence electrons. The van der Waals surface area contributed by atoms with Gasteiger partial charge < -0.3 is 19.5 Å². The van der Waals surface area contributed by atoms with Crippen molar-refractivity contribution in [3.8, 4) is 11.5 Å². The Kier molecular flexibility index (Phi) is 9.45. The van der Waals surface area contributed by atoms with Crippen LogP contribution >= 0.6 is 0 Å². The van der Waals surface area contributed by atoms with Crippen LogP contribution in [-0.4, -0.2) is 32.2 Å². The van der Waals surface area contributed by atoms with E-state index in [1.807, 2.05) is 32.0 Å². The molecule has 0 spiro atoms. The second kappa shape index (κ2) is 12.3. The smallest absolute Gasteiger partial charge is 0.338 e. The van der Waals surface area contributed by atoms with Crippen LogP contribution in [0.5, 0.6) is 11.5 Å². The standard InChI is InChI=1S/C24H29NO5/c1-4-6-16-30-24(27)19-9-11-20(12-10-19)25-23(26)14-8-18-7-13-21(29-15-5-2)22(17-18)28-3/h7-14,17H,4-6,15-16H2,1-3H3,(H,25,26)/b14-8+. The van der Waals surface area contributed by atoms with Gasteiger partial charge in [-0.25, -0.2) is 4.79 Å². The molecule has 0 heterocycles. The largest absolute Gasteiger partial charge is 0.493 e. The molecule has 0 aromatic heterocycles. The van der Waals surface area contributed by atoms with Gasteiger partial charge in [0.1, 0.15) is 0 Å². The lowest BCUT2D eigenvalue weighted by Gasteiger charge is -2.10. The highest BCUT2D eigenvalue weighted by atomic mass is 16.5. The Morgan fingerprint density at radius 1 is 0.967 bits per heavy atom. The van der Waals surface area contributed by atoms with Crippen molar-refractivity contribution < 1.29 is 23.8 Å². The first-order valence-corrected chi connectivity index (χ1v) is 10.1. The van der Waals surface area contributed by atoms with Gasteiger partial charge in [-0.1, -0.05) is 26.3 Å². The van der Waals surface area contributed by atoms with Crippen molar-refractivity contribution in [1.29, 1.82) is 0 Å². The number of benzene rings is 2. The summed E-state index contributed by atoms with van der Waals surface area (Å²) in [6.45, 7) is 5.10. The minimum Gasteiger partial charge on any atom is -0.493 e. The number of carbonyl (C=O) groups excluding carboxylic acids is 2. The van der Waals surface area contributed by atoms with Crippen molar-refractivity contribution in [1.82, 2.24) is 0 Å². The van der Waals surface area contributed by atoms with Crippen LogP contribution in [0.4, 0.5) is 5.69 Å². The molecular formula is C24H29NO5. The lowest BCUT2D eigenvalue weighted by molar-refractivity contribution is -0.111. The molecule has 2 rings (SSSR count). The van der Waals surface area contributed by atoms with Crippen molar-refractivity contribution >= 4 is 23.6 Å². The Balaban J connectivity index is 1.93. The minimum absolute atomic E-state index is 0.279. The number of ether oxygens (including phenoxy) is 3. The van der Waals surface area contributed by atoms with E-state index in [2.05, 4.69) is 5.32 Å². The summed E-state index contributed by atoms with van der Waals surface area (Å²) in [6.07, 6.45) is 5.85. The molecule has 30 heavy (non-hydrogen) atoms. The third kappa shape index (κ3) is 7.28. The first-order chi connectivity index (χ1) is 14.6. The van der Waals surface area contributed by atoms with Crippen LogP contribution in [-0.2, 0) is 9.53 Å². The highest BCUT2D eigenvalue weighted by Gasteiger charge is 2.08. The Hall–Kier alpha value is -3.28. The average Bonchev–Trinajstić information content (AvgIpc) is 2.77. The van der Waals surface area contributed by atoms with E-state index in [9.17, 15) is 9.59 Å². The number of rotatable bonds is 11. The maximum absolute atomic E-state index is 12.2. The summed E-state index contributed by atoms with van der Waals surface area (Å²) in [5.74, 6) is 0.654. The molecule has 0 saturated carbocycles. The van der Waals surface area contributed by atoms with Crippen LogP contribution in [0.25, 0.3) is 6.08 Å². The number of hydrogen-bond acceptors (Lipinski definition) is 5. The number of carbonyl (C=O) groups is 2. The van der Waals surface area contributed by atoms with Crippen LogP contribution in [0.3, 0.4) is 0 Å². The SMILES string of the molecule is CCCCOC(=O)c1ccc(NC(=O)/C=C/c2ccc(OCCC)c(OC)c2)cc1. The monoisotopic (exact) mass is 411 g/mol. The number of unbranched alkanes of at least 4 members (excludes halogenated alkanes) is 1. The second-order valence-corrected chi connectivity index (χ2v) is 6.65. The number of esters is 1. The van der Waals surface area contributed by atoms with Crippen LogP contribution < -0.4 is 14.8 Å². The molecule has 1 amide bonds. The van der Waals surface area contributed by atoms with Crippen molar-refractivity contribution in [2.24, 2.45) is 0 Å². The first-order valence-electron chi connectivity index (χ1n) is 10.1. The lowest BCUT2D eigenvalue weighted by atomic mass is 10.2. The third-order valence-electron chi connectivity index (χ3n) is 4.20. The molecule has 0 aliphatic heterocycles. The van der Waals surface area contributed by atoms with Gasteiger partial charge in [-0.15, -0.1) is 0 Å². The fourth-order valence-corrected chi connectivity index (χ4v) is 2.56. The zero-order valence-electron chi connectivity index (χ0n) is 17.8. The van der Waals surface area contributed by atoms with E-state index in [0.717, 1.165) is 24.8 Å². The van der Waals surface area contributed by atoms with Gasteiger partial charge in [0, 0.05) is 11.8 Å². The van der Waals surface area contributed by atoms with E-state index in [0.29, 0.717) is 36.0 Å². The van der Waals surface area contributed by atoms with Gasteiger partial charge in [0.25, 0.3) is 0 Å². The van der Waals surface area contributed by atoms with Crippen LogP contribution in [0, 0.1) is 0 Å². The Morgan fingerprint density at radius 2 is 1.73 bits per heavy atom. The summed E-state index contributed by atoms with van der Waals surface area (Å²) in [4.78, 5) is 24.1. The Labute approximate surface area is 177 Å². The summed E-state index contributed by atoms with van der Waals surface area (Å²) in [5, 5.41) is 2.76. The molecule has 0 fully saturated rings. The maximum atomic E-state index is 12.2. The zero-order chi connectivity index (χ0) is 21.8. The molecule has 0 saturated heterocycles. The topological polar surface area (TPSA) is 73.9 Å². The third-order valence-corrected chi connectivity index (χ3v) is 4.20. The van der Waals surface area contributed by atoms with Crippen molar-refractivity contribution in [3.05, 3.63) is 59.7 Å². The first kappa shape index (κ1) is 23.0. The molecule has 0 unspecified atom stereocenters. The zero-order valence-corrected chi connectivity index (χ0v) is 17.8. The van der Waals surface area contributed by atoms with Crippen LogP contribution in [0.2, 0.25) is 0 Å². The van der Waals surface area contributed by atoms with E-state index in [4.69, 9.17) is 14.2 Å². The van der Waals surface area contributed by atoms with Gasteiger partial charge in [-0.05, 0) is 60.9 Å². The van der Waals surface area contributed by atoms with E-state index in [1.165, 1.54) is 6.08 Å². The van der Waals surface area contributed by atoms with Crippen molar-refractivity contribution in [2.45, 2.75) is 33.1 Å². The highest BCUT2D eigenvalue weighted by molar-refractivity contribution is 6.02. The Bertz CT molecular complexity index is 858. The molecular weight excluding hydrogens is 382 g/mol. The molecule has 2 aromatic carbocycles. The summed E-state index contributed by atoms with van der Waals surface area (Å²) in [7, 11) is 1.58. The van der Waals surface area contributed by atoms with Crippen molar-refractivity contribution in [3.63, 3.8) is 0 Å². The van der Waals surface area contributed by atoms with Crippen LogP contribution in [0.15, 0.2) is 48.5 Å². The molecule has 0 atom stereocenters. The summed E-state index contributed by atoms with van der Waals surface area (Å²) >= 11 is 0. The fraction of sp³-hybridized carbons (Fsp3) is 0.333. The molecule has 6 heteroatoms. The second-order valence-electron chi connectivity index (χ2n) is 6.65. The van der Waals surface area contributed by atoms with Crippen molar-refractivity contribution in [2.75, 3.05) is 25.6 Å². The fourth-order valence-electron chi connectivity index (χ4n) is 2.56. The van der Waals surface area contributed by atoms with Gasteiger partial charge in [0.2, 0.25) is 5.91 Å². The molecule has 0 radical (unpaired) electrons. The van der Waals surface area contributed by atoms with Gasteiger partial charge >= 0.3 is 5.97 Å². The van der Waals surface area contributed by atoms with Gasteiger partial charge in [0.15, 0.2) is 11.5 Å². The lowest BCUT2D eigenvalue weighted by Crippen LogP contribution is -2.09. The minimum atomic E-state index is -0.360. The molecule has 0 bridgehead atoms. The molecule has 1 N–H and O–H groups in total. The van der Waals surface area contributed by atoms with Crippen LogP contribution in [0.1, 0.15) is 49.0 Å². The molecule has 0 aliphatic carbocycles. The summed E-state index contributed by atoms with van der Waals surface area (Å²) in [5.41, 5.74) is 1.86. The molecule has 0 aliphatic rings. The van der Waals surface area contributed by atoms with E-state index in [1.54, 1.807) is 37.5 Å². The predicted octanol–water partition coefficient (Wildman–Crippen LogP) is 5.09. The van der Waals surface area contributed by atoms with E-state index < -0.39 is 0 Å². The summed E-state index contributed by atoms with van der Waals surface area (Å²) < 4.78 is 16.1. The molecule has 2 aromatic rings. The van der Waals surface area contributed by atoms with Gasteiger partial charge in [-0.2, -0.15) is 0 Å². The Morgan fingerprint density at radius 3 is 2.40 bits per heavy atom. The average molecular weight is 411 g/mol. The number of hydrogen-bond donors (Lipinski definition) is 1. The number of amides is 1. The number of nitrogens with one attached hydrogen (secondary N) is 1. The highest BCUT2D eigenvalue weighted by Crippen LogP contribution is 2.28. The maximum Gasteiger partial charge on any atom is 0.338 e. The number of methoxy groups -OCH3 is 1. The van der Waals surface area contributed by atoms with E-state index >= 15 is 0 Å². The summed E-state index contributed by atoms with van der Waals surface area (Å²) in [6, 6.07) is 12.1.